The maximum absolute atomic E-state index is 13.3. The summed E-state index contributed by atoms with van der Waals surface area (Å²) in [6.07, 6.45) is 4.50. The lowest BCUT2D eigenvalue weighted by Gasteiger charge is -2.19. The Balaban J connectivity index is 1.84. The fraction of sp³-hybridized carbons (Fsp3) is 0.0556. The summed E-state index contributed by atoms with van der Waals surface area (Å²) in [5, 5.41) is 13.0. The standard InChI is InChI=1S/C18H10Cl4N6O3/c19-9-5-12(21)15(13(22)6-9)27-18(29)16(26-4-3-23-8-26)17(25-27)24-14-7-10(28(30)31)1-2-11(14)20/h1-8,16H,(H,24,25). The topological polar surface area (TPSA) is 106 Å². The minimum absolute atomic E-state index is 0.103. The van der Waals surface area contributed by atoms with Crippen LogP contribution in [0.1, 0.15) is 6.04 Å². The predicted octanol–water partition coefficient (Wildman–Crippen LogP) is 5.23. The Morgan fingerprint density at radius 3 is 2.42 bits per heavy atom. The van der Waals surface area contributed by atoms with Crippen LogP contribution in [0.4, 0.5) is 17.1 Å². The summed E-state index contributed by atoms with van der Waals surface area (Å²) in [5.74, 6) is -0.336. The molecule has 1 saturated heterocycles. The lowest BCUT2D eigenvalue weighted by molar-refractivity contribution is -0.384. The molecule has 4 rings (SSSR count). The van der Waals surface area contributed by atoms with E-state index in [0.717, 1.165) is 5.01 Å². The molecule has 1 aliphatic rings. The van der Waals surface area contributed by atoms with E-state index in [0.29, 0.717) is 5.02 Å². The number of halogens is 4. The highest BCUT2D eigenvalue weighted by Crippen LogP contribution is 2.39. The number of benzene rings is 2. The van der Waals surface area contributed by atoms with Crippen molar-refractivity contribution in [1.29, 1.82) is 0 Å². The van der Waals surface area contributed by atoms with Gasteiger partial charge >= 0.3 is 0 Å². The van der Waals surface area contributed by atoms with Crippen molar-refractivity contribution in [2.24, 2.45) is 4.99 Å². The van der Waals surface area contributed by atoms with Gasteiger partial charge in [-0.2, -0.15) is 0 Å². The van der Waals surface area contributed by atoms with Gasteiger partial charge in [0.1, 0.15) is 5.69 Å². The fourth-order valence-corrected chi connectivity index (χ4v) is 4.14. The van der Waals surface area contributed by atoms with Gasteiger partial charge < -0.3 is 4.57 Å². The van der Waals surface area contributed by atoms with Crippen molar-refractivity contribution in [3.05, 3.63) is 79.3 Å². The SMILES string of the molecule is O=C1C(n2ccnc2)C(=Nc2cc([N+](=O)[O-])ccc2Cl)NN1c1c(Cl)cc(Cl)cc1Cl. The largest absolute Gasteiger partial charge is 0.318 e. The second kappa shape index (κ2) is 8.35. The van der Waals surface area contributed by atoms with Crippen LogP contribution in [0.15, 0.2) is 54.0 Å². The highest BCUT2D eigenvalue weighted by Gasteiger charge is 2.41. The quantitative estimate of drug-likeness (QED) is 0.391. The van der Waals surface area contributed by atoms with Crippen molar-refractivity contribution < 1.29 is 9.72 Å². The molecule has 13 heteroatoms. The molecule has 9 nitrogen and oxygen atoms in total. The number of nitrogens with one attached hydrogen (secondary N) is 1. The highest BCUT2D eigenvalue weighted by molar-refractivity contribution is 6.43. The van der Waals surface area contributed by atoms with E-state index in [9.17, 15) is 14.9 Å². The number of amidine groups is 1. The monoisotopic (exact) mass is 498 g/mol. The molecule has 158 valence electrons. The molecule has 1 aliphatic heterocycles. The van der Waals surface area contributed by atoms with E-state index in [1.807, 2.05) is 0 Å². The van der Waals surface area contributed by atoms with Crippen LogP contribution in [0, 0.1) is 10.1 Å². The Morgan fingerprint density at radius 2 is 1.81 bits per heavy atom. The maximum atomic E-state index is 13.3. The number of hydrazine groups is 1. The summed E-state index contributed by atoms with van der Waals surface area (Å²) >= 11 is 24.7. The zero-order valence-corrected chi connectivity index (χ0v) is 18.2. The predicted molar refractivity (Wildman–Crippen MR) is 119 cm³/mol. The third kappa shape index (κ3) is 4.05. The van der Waals surface area contributed by atoms with Crippen LogP contribution in [0.3, 0.4) is 0 Å². The number of non-ortho nitro benzene ring substituents is 1. The summed E-state index contributed by atoms with van der Waals surface area (Å²) in [4.78, 5) is 32.2. The van der Waals surface area contributed by atoms with Crippen LogP contribution < -0.4 is 10.4 Å². The van der Waals surface area contributed by atoms with Gasteiger partial charge in [-0.25, -0.2) is 15.0 Å². The number of nitro benzene ring substituents is 1. The van der Waals surface area contributed by atoms with Crippen molar-refractivity contribution in [2.45, 2.75) is 6.04 Å². The van der Waals surface area contributed by atoms with E-state index in [1.54, 1.807) is 6.20 Å². The van der Waals surface area contributed by atoms with E-state index in [1.165, 1.54) is 47.4 Å². The normalized spacial score (nSPS) is 17.3. The molecule has 31 heavy (non-hydrogen) atoms. The molecular weight excluding hydrogens is 490 g/mol. The summed E-state index contributed by atoms with van der Waals surface area (Å²) in [5.41, 5.74) is 2.95. The Bertz CT molecular complexity index is 1210. The molecule has 0 radical (unpaired) electrons. The van der Waals surface area contributed by atoms with Crippen LogP contribution in [0.5, 0.6) is 0 Å². The van der Waals surface area contributed by atoms with E-state index < -0.39 is 16.9 Å². The number of hydrogen-bond acceptors (Lipinski definition) is 5. The molecule has 1 atom stereocenters. The van der Waals surface area contributed by atoms with Crippen molar-refractivity contribution in [1.82, 2.24) is 15.0 Å². The maximum Gasteiger partial charge on any atom is 0.276 e. The van der Waals surface area contributed by atoms with Crippen LogP contribution in [0.25, 0.3) is 0 Å². The van der Waals surface area contributed by atoms with Crippen LogP contribution in [-0.4, -0.2) is 26.2 Å². The van der Waals surface area contributed by atoms with Gasteiger partial charge in [-0.05, 0) is 18.2 Å². The van der Waals surface area contributed by atoms with Gasteiger partial charge in [0, 0.05) is 29.5 Å². The number of hydrogen-bond donors (Lipinski definition) is 1. The van der Waals surface area contributed by atoms with E-state index in [4.69, 9.17) is 46.4 Å². The van der Waals surface area contributed by atoms with Crippen molar-refractivity contribution in [3.8, 4) is 0 Å². The van der Waals surface area contributed by atoms with Gasteiger partial charge in [0.15, 0.2) is 11.9 Å². The Kier molecular flexibility index (Phi) is 5.76. The number of amides is 1. The summed E-state index contributed by atoms with van der Waals surface area (Å²) in [6.45, 7) is 0. The van der Waals surface area contributed by atoms with Crippen molar-refractivity contribution in [2.75, 3.05) is 5.01 Å². The number of aromatic nitrogens is 2. The molecule has 1 amide bonds. The summed E-state index contributed by atoms with van der Waals surface area (Å²) in [7, 11) is 0. The highest BCUT2D eigenvalue weighted by atomic mass is 35.5. The van der Waals surface area contributed by atoms with Gasteiger partial charge in [0.2, 0.25) is 0 Å². The first-order valence-corrected chi connectivity index (χ1v) is 10.0. The molecule has 0 spiro atoms. The zero-order chi connectivity index (χ0) is 22.3. The molecule has 1 aromatic heterocycles. The Morgan fingerprint density at radius 1 is 1.10 bits per heavy atom. The van der Waals surface area contributed by atoms with Gasteiger partial charge in [-0.3, -0.25) is 20.3 Å². The van der Waals surface area contributed by atoms with E-state index >= 15 is 0 Å². The number of aliphatic imine (C=N–C) groups is 1. The van der Waals surface area contributed by atoms with Crippen molar-refractivity contribution >= 4 is 75.2 Å². The zero-order valence-electron chi connectivity index (χ0n) is 15.2. The molecule has 3 aromatic rings. The Labute approximate surface area is 194 Å². The lowest BCUT2D eigenvalue weighted by atomic mass is 10.2. The number of nitrogens with zero attached hydrogens (tertiary/aromatic N) is 5. The number of imidazole rings is 1. The van der Waals surface area contributed by atoms with Crippen LogP contribution >= 0.6 is 46.4 Å². The first-order valence-electron chi connectivity index (χ1n) is 8.51. The molecule has 0 saturated carbocycles. The fourth-order valence-electron chi connectivity index (χ4n) is 2.99. The van der Waals surface area contributed by atoms with Gasteiger partial charge in [-0.1, -0.05) is 46.4 Å². The molecule has 1 N–H and O–H groups in total. The average Bonchev–Trinajstić information content (AvgIpc) is 3.31. The molecule has 0 bridgehead atoms. The molecule has 0 aliphatic carbocycles. The van der Waals surface area contributed by atoms with Gasteiger partial charge in [-0.15, -0.1) is 0 Å². The van der Waals surface area contributed by atoms with Gasteiger partial charge in [0.05, 0.1) is 32.0 Å². The number of nitro groups is 1. The lowest BCUT2D eigenvalue weighted by Crippen LogP contribution is -2.36. The second-order valence-corrected chi connectivity index (χ2v) is 7.96. The number of carbonyl (C=O) groups excluding carboxylic acids is 1. The Hall–Kier alpha value is -2.85. The third-order valence-electron chi connectivity index (χ3n) is 4.35. The molecule has 1 fully saturated rings. The molecule has 2 aromatic carbocycles. The average molecular weight is 500 g/mol. The van der Waals surface area contributed by atoms with E-state index in [2.05, 4.69) is 15.4 Å². The third-order valence-corrected chi connectivity index (χ3v) is 5.46. The smallest absolute Gasteiger partial charge is 0.276 e. The minimum atomic E-state index is -0.972. The van der Waals surface area contributed by atoms with Crippen LogP contribution in [-0.2, 0) is 4.79 Å². The number of rotatable bonds is 4. The molecule has 1 unspecified atom stereocenters. The second-order valence-electron chi connectivity index (χ2n) is 6.31. The summed E-state index contributed by atoms with van der Waals surface area (Å²) in [6, 6.07) is 5.73. The van der Waals surface area contributed by atoms with Gasteiger partial charge in [0.25, 0.3) is 11.6 Å². The number of carbonyl (C=O) groups is 1. The minimum Gasteiger partial charge on any atom is -0.318 e. The van der Waals surface area contributed by atoms with Crippen molar-refractivity contribution in [3.63, 3.8) is 0 Å². The summed E-state index contributed by atoms with van der Waals surface area (Å²) < 4.78 is 1.51. The number of anilines is 1. The first kappa shape index (κ1) is 21.4. The first-order chi connectivity index (χ1) is 14.8. The van der Waals surface area contributed by atoms with E-state index in [-0.39, 0.29) is 38.0 Å². The molecule has 2 heterocycles. The van der Waals surface area contributed by atoms with Crippen LogP contribution in [0.2, 0.25) is 20.1 Å². The molecular formula is C18H10Cl4N6O3.